The second-order valence-corrected chi connectivity index (χ2v) is 13.7. The van der Waals surface area contributed by atoms with E-state index in [-0.39, 0.29) is 22.8 Å². The fourth-order valence-corrected chi connectivity index (χ4v) is 9.58. The minimum Gasteiger partial charge on any atom is -0.381 e. The van der Waals surface area contributed by atoms with Gasteiger partial charge in [0.1, 0.15) is 6.17 Å². The summed E-state index contributed by atoms with van der Waals surface area (Å²) in [4.78, 5) is 5.27. The zero-order valence-corrected chi connectivity index (χ0v) is 24.2. The average Bonchev–Trinajstić information content (AvgIpc) is 3.27. The second-order valence-electron chi connectivity index (χ2n) is 11.6. The van der Waals surface area contributed by atoms with E-state index in [2.05, 4.69) is 4.57 Å². The van der Waals surface area contributed by atoms with Crippen LogP contribution in [-0.4, -0.2) is 58.7 Å². The predicted octanol–water partition coefficient (Wildman–Crippen LogP) is 7.69. The Balaban J connectivity index is 1.44. The number of hydrogen-bond acceptors (Lipinski definition) is 4. The van der Waals surface area contributed by atoms with Crippen molar-refractivity contribution < 1.29 is 13.9 Å². The minimum atomic E-state index is -0.798. The molecule has 7 unspecified atom stereocenters. The normalized spacial score (nSPS) is 39.6. The van der Waals surface area contributed by atoms with E-state index in [1.165, 1.54) is 24.2 Å². The van der Waals surface area contributed by atoms with Crippen molar-refractivity contribution in [1.82, 2.24) is 9.55 Å². The van der Waals surface area contributed by atoms with Crippen molar-refractivity contribution in [1.29, 1.82) is 0 Å². The second kappa shape index (κ2) is 12.4. The summed E-state index contributed by atoms with van der Waals surface area (Å²) in [6.07, 6.45) is 13.2. The lowest BCUT2D eigenvalue weighted by molar-refractivity contribution is 0.0443. The smallest absolute Gasteiger partial charge is 0.168 e. The van der Waals surface area contributed by atoms with Crippen LogP contribution in [0.15, 0.2) is 5.16 Å². The number of aromatic nitrogens is 2. The SMILES string of the molecule is COC1CCC(n2c(SCC3C(F)CCCC3Cl)nc3c2C(C2CCC(Cl)C(OC)C2)CCC3)CC1. The molecule has 8 heteroatoms. The van der Waals surface area contributed by atoms with Crippen LogP contribution >= 0.6 is 35.0 Å². The maximum Gasteiger partial charge on any atom is 0.168 e. The van der Waals surface area contributed by atoms with E-state index in [1.807, 2.05) is 7.11 Å². The topological polar surface area (TPSA) is 36.3 Å². The lowest BCUT2D eigenvalue weighted by Gasteiger charge is -2.40. The van der Waals surface area contributed by atoms with E-state index in [0.717, 1.165) is 69.4 Å². The molecular weight excluding hydrogens is 518 g/mol. The summed E-state index contributed by atoms with van der Waals surface area (Å²) in [5.41, 5.74) is 2.76. The molecule has 0 spiro atoms. The van der Waals surface area contributed by atoms with E-state index < -0.39 is 6.17 Å². The zero-order chi connectivity index (χ0) is 25.2. The number of thioether (sulfide) groups is 1. The third kappa shape index (κ3) is 5.78. The fraction of sp³-hybridized carbons (Fsp3) is 0.893. The summed E-state index contributed by atoms with van der Waals surface area (Å²) in [5, 5.41) is 1.15. The molecule has 204 valence electrons. The highest BCUT2D eigenvalue weighted by Gasteiger charge is 2.40. The van der Waals surface area contributed by atoms with Gasteiger partial charge in [0.25, 0.3) is 0 Å². The molecule has 7 atom stereocenters. The molecule has 0 radical (unpaired) electrons. The molecule has 0 bridgehead atoms. The molecule has 0 amide bonds. The van der Waals surface area contributed by atoms with Gasteiger partial charge in [-0.15, -0.1) is 23.2 Å². The molecule has 0 aliphatic heterocycles. The third-order valence-electron chi connectivity index (χ3n) is 9.53. The molecule has 1 aromatic heterocycles. The molecule has 0 saturated heterocycles. The van der Waals surface area contributed by atoms with Crippen LogP contribution in [0.3, 0.4) is 0 Å². The highest BCUT2D eigenvalue weighted by atomic mass is 35.5. The summed E-state index contributed by atoms with van der Waals surface area (Å²) in [6.45, 7) is 0. The van der Waals surface area contributed by atoms with Crippen LogP contribution in [0.5, 0.6) is 0 Å². The average molecular weight is 562 g/mol. The molecule has 4 aliphatic carbocycles. The van der Waals surface area contributed by atoms with Gasteiger partial charge in [-0.1, -0.05) is 11.8 Å². The van der Waals surface area contributed by atoms with E-state index in [9.17, 15) is 4.39 Å². The number of halogens is 3. The number of alkyl halides is 3. The molecule has 0 aromatic carbocycles. The van der Waals surface area contributed by atoms with Gasteiger partial charge in [0.15, 0.2) is 5.16 Å². The molecule has 1 heterocycles. The monoisotopic (exact) mass is 560 g/mol. The van der Waals surface area contributed by atoms with E-state index in [1.54, 1.807) is 18.9 Å². The quantitative estimate of drug-likeness (QED) is 0.253. The van der Waals surface area contributed by atoms with Gasteiger partial charge in [0, 0.05) is 48.9 Å². The van der Waals surface area contributed by atoms with Gasteiger partial charge < -0.3 is 14.0 Å². The van der Waals surface area contributed by atoms with Gasteiger partial charge in [-0.2, -0.15) is 0 Å². The highest BCUT2D eigenvalue weighted by Crippen LogP contribution is 2.48. The molecule has 4 aliphatic rings. The maximum absolute atomic E-state index is 14.8. The first-order chi connectivity index (χ1) is 17.5. The molecule has 0 N–H and O–H groups in total. The Kier molecular flexibility index (Phi) is 9.53. The molecule has 1 aromatic rings. The van der Waals surface area contributed by atoms with Crippen molar-refractivity contribution in [2.24, 2.45) is 11.8 Å². The fourth-order valence-electron chi connectivity index (χ4n) is 7.40. The lowest BCUT2D eigenvalue weighted by Crippen LogP contribution is -2.36. The van der Waals surface area contributed by atoms with Crippen LogP contribution in [0.4, 0.5) is 4.39 Å². The maximum atomic E-state index is 14.8. The Bertz CT molecular complexity index is 855. The minimum absolute atomic E-state index is 0.0686. The molecule has 4 nitrogen and oxygen atoms in total. The number of rotatable bonds is 7. The van der Waals surface area contributed by atoms with Crippen LogP contribution in [-0.2, 0) is 15.9 Å². The van der Waals surface area contributed by atoms with Gasteiger partial charge in [-0.3, -0.25) is 0 Å². The van der Waals surface area contributed by atoms with Crippen molar-refractivity contribution in [3.63, 3.8) is 0 Å². The Morgan fingerprint density at radius 2 is 1.75 bits per heavy atom. The van der Waals surface area contributed by atoms with Crippen LogP contribution < -0.4 is 0 Å². The van der Waals surface area contributed by atoms with Crippen molar-refractivity contribution in [2.75, 3.05) is 20.0 Å². The number of fused-ring (bicyclic) bond motifs is 1. The molecule has 36 heavy (non-hydrogen) atoms. The Morgan fingerprint density at radius 1 is 0.944 bits per heavy atom. The third-order valence-corrected chi connectivity index (χ3v) is 11.7. The Morgan fingerprint density at radius 3 is 2.47 bits per heavy atom. The first kappa shape index (κ1) is 27.6. The summed E-state index contributed by atoms with van der Waals surface area (Å²) >= 11 is 15.0. The summed E-state index contributed by atoms with van der Waals surface area (Å²) in [5.74, 6) is 1.70. The van der Waals surface area contributed by atoms with Gasteiger partial charge in [-0.05, 0) is 89.4 Å². The first-order valence-electron chi connectivity index (χ1n) is 14.2. The van der Waals surface area contributed by atoms with Crippen LogP contribution in [0.25, 0.3) is 0 Å². The number of nitrogens with zero attached hydrogens (tertiary/aromatic N) is 2. The van der Waals surface area contributed by atoms with E-state index >= 15 is 0 Å². The van der Waals surface area contributed by atoms with Crippen molar-refractivity contribution >= 4 is 35.0 Å². The predicted molar refractivity (Wildman–Crippen MR) is 147 cm³/mol. The van der Waals surface area contributed by atoms with Crippen LogP contribution in [0.2, 0.25) is 0 Å². The van der Waals surface area contributed by atoms with Gasteiger partial charge >= 0.3 is 0 Å². The van der Waals surface area contributed by atoms with Crippen molar-refractivity contribution in [3.05, 3.63) is 11.4 Å². The zero-order valence-electron chi connectivity index (χ0n) is 21.8. The standard InChI is InChI=1S/C28H43Cl2FN2O2S/c1-34-19-12-10-18(11-13-19)33-27-20(17-9-14-23(30)26(15-17)35-2)5-3-8-25(27)32-28(33)36-16-21-22(29)6-4-7-24(21)31/h17-24,26H,3-16H2,1-2H3. The molecule has 5 rings (SSSR count). The number of methoxy groups -OCH3 is 2. The molecule has 3 saturated carbocycles. The van der Waals surface area contributed by atoms with Crippen molar-refractivity contribution in [3.8, 4) is 0 Å². The first-order valence-corrected chi connectivity index (χ1v) is 16.1. The van der Waals surface area contributed by atoms with Crippen molar-refractivity contribution in [2.45, 2.75) is 130 Å². The summed E-state index contributed by atoms with van der Waals surface area (Å²) < 4.78 is 28.9. The number of ether oxygens (including phenoxy) is 2. The summed E-state index contributed by atoms with van der Waals surface area (Å²) in [6, 6.07) is 0.442. The number of hydrogen-bond donors (Lipinski definition) is 0. The molecule has 3 fully saturated rings. The number of imidazole rings is 1. The van der Waals surface area contributed by atoms with Gasteiger partial charge in [0.2, 0.25) is 0 Å². The van der Waals surface area contributed by atoms with Gasteiger partial charge in [-0.25, -0.2) is 9.37 Å². The Hall–Kier alpha value is -0.0100. The Labute approximate surface area is 230 Å². The number of aryl methyl sites for hydroxylation is 1. The van der Waals surface area contributed by atoms with E-state index in [4.69, 9.17) is 37.7 Å². The largest absolute Gasteiger partial charge is 0.381 e. The van der Waals surface area contributed by atoms with Crippen LogP contribution in [0.1, 0.15) is 100 Å². The van der Waals surface area contributed by atoms with Crippen LogP contribution in [0, 0.1) is 11.8 Å². The molecular formula is C28H43Cl2FN2O2S. The highest BCUT2D eigenvalue weighted by molar-refractivity contribution is 7.99. The lowest BCUT2D eigenvalue weighted by atomic mass is 9.72. The van der Waals surface area contributed by atoms with E-state index in [0.29, 0.717) is 36.2 Å². The summed E-state index contributed by atoms with van der Waals surface area (Å²) in [7, 11) is 3.64. The van der Waals surface area contributed by atoms with Gasteiger partial charge in [0.05, 0.1) is 23.3 Å².